The summed E-state index contributed by atoms with van der Waals surface area (Å²) in [5.74, 6) is 1.63. The summed E-state index contributed by atoms with van der Waals surface area (Å²) >= 11 is 0. The number of hydrogen-bond acceptors (Lipinski definition) is 4. The van der Waals surface area contributed by atoms with Crippen LogP contribution >= 0.6 is 0 Å². The summed E-state index contributed by atoms with van der Waals surface area (Å²) in [6, 6.07) is 7.94. The van der Waals surface area contributed by atoms with Crippen LogP contribution in [0.3, 0.4) is 0 Å². The summed E-state index contributed by atoms with van der Waals surface area (Å²) in [6.07, 6.45) is 5.88. The second-order valence-electron chi connectivity index (χ2n) is 7.98. The maximum Gasteiger partial charge on any atom is 0.223 e. The Balaban J connectivity index is 1.28. The Hall–Kier alpha value is -1.92. The summed E-state index contributed by atoms with van der Waals surface area (Å²) in [4.78, 5) is 22.5. The van der Waals surface area contributed by atoms with Crippen molar-refractivity contribution >= 4 is 16.9 Å². The van der Waals surface area contributed by atoms with Gasteiger partial charge in [0.1, 0.15) is 5.82 Å². The van der Waals surface area contributed by atoms with Crippen LogP contribution in [0.4, 0.5) is 0 Å². The Morgan fingerprint density at radius 1 is 1.33 bits per heavy atom. The van der Waals surface area contributed by atoms with E-state index in [2.05, 4.69) is 9.97 Å². The fourth-order valence-electron chi connectivity index (χ4n) is 4.58. The predicted octanol–water partition coefficient (Wildman–Crippen LogP) is 2.67. The van der Waals surface area contributed by atoms with Gasteiger partial charge in [0, 0.05) is 39.1 Å². The molecule has 2 N–H and O–H groups in total. The quantitative estimate of drug-likeness (QED) is 0.847. The predicted molar refractivity (Wildman–Crippen MR) is 103 cm³/mol. The van der Waals surface area contributed by atoms with E-state index in [0.717, 1.165) is 68.7 Å². The lowest BCUT2D eigenvalue weighted by Gasteiger charge is -2.46. The van der Waals surface area contributed by atoms with Gasteiger partial charge < -0.3 is 19.7 Å². The molecule has 2 saturated heterocycles. The standard InChI is InChI=1S/C21H29N3O3/c25-13-7-16-8-14-27-21(15-16)9-11-24(12-10-21)20(26)6-5-19-22-17-3-1-2-4-18(17)23-19/h1-4,16,25H,5-15H2,(H,22,23). The van der Waals surface area contributed by atoms with E-state index in [-0.39, 0.29) is 18.1 Å². The van der Waals surface area contributed by atoms with Crippen LogP contribution in [0.25, 0.3) is 11.0 Å². The zero-order valence-electron chi connectivity index (χ0n) is 15.8. The van der Waals surface area contributed by atoms with E-state index in [4.69, 9.17) is 4.74 Å². The molecule has 1 aromatic heterocycles. The van der Waals surface area contributed by atoms with Gasteiger partial charge in [-0.1, -0.05) is 12.1 Å². The van der Waals surface area contributed by atoms with E-state index in [1.807, 2.05) is 29.2 Å². The van der Waals surface area contributed by atoms with E-state index < -0.39 is 0 Å². The largest absolute Gasteiger partial charge is 0.396 e. The lowest BCUT2D eigenvalue weighted by atomic mass is 9.78. The number of fused-ring (bicyclic) bond motifs is 1. The fourth-order valence-corrected chi connectivity index (χ4v) is 4.58. The van der Waals surface area contributed by atoms with Crippen molar-refractivity contribution in [3.05, 3.63) is 30.1 Å². The van der Waals surface area contributed by atoms with E-state index in [1.165, 1.54) is 0 Å². The molecule has 1 aromatic carbocycles. The van der Waals surface area contributed by atoms with Crippen LogP contribution in [0.1, 0.15) is 44.3 Å². The number of aromatic nitrogens is 2. The number of rotatable bonds is 5. The SMILES string of the molecule is O=C(CCc1nc2ccccc2[nH]1)N1CCC2(CC1)CC(CCO)CCO2. The first kappa shape index (κ1) is 18.4. The number of aliphatic hydroxyl groups excluding tert-OH is 1. The molecule has 2 aliphatic heterocycles. The first-order valence-corrected chi connectivity index (χ1v) is 10.1. The van der Waals surface area contributed by atoms with Crippen molar-refractivity contribution in [2.75, 3.05) is 26.3 Å². The number of carbonyl (C=O) groups excluding carboxylic acids is 1. The molecule has 146 valence electrons. The van der Waals surface area contributed by atoms with Crippen molar-refractivity contribution < 1.29 is 14.6 Å². The number of amides is 1. The highest BCUT2D eigenvalue weighted by Gasteiger charge is 2.40. The molecule has 0 saturated carbocycles. The van der Waals surface area contributed by atoms with Gasteiger partial charge in [-0.15, -0.1) is 0 Å². The summed E-state index contributed by atoms with van der Waals surface area (Å²) in [5.41, 5.74) is 1.90. The van der Waals surface area contributed by atoms with Gasteiger partial charge in [0.05, 0.1) is 16.6 Å². The number of H-pyrrole nitrogens is 1. The van der Waals surface area contributed by atoms with Gasteiger partial charge in [-0.25, -0.2) is 4.98 Å². The highest BCUT2D eigenvalue weighted by molar-refractivity contribution is 5.77. The van der Waals surface area contributed by atoms with Crippen molar-refractivity contribution in [3.8, 4) is 0 Å². The lowest BCUT2D eigenvalue weighted by molar-refractivity contribution is -0.147. The molecule has 2 aromatic rings. The Labute approximate surface area is 159 Å². The number of nitrogens with zero attached hydrogens (tertiary/aromatic N) is 2. The third-order valence-corrected chi connectivity index (χ3v) is 6.17. The van der Waals surface area contributed by atoms with Crippen molar-refractivity contribution in [2.45, 2.75) is 50.5 Å². The van der Waals surface area contributed by atoms with Gasteiger partial charge in [-0.2, -0.15) is 0 Å². The van der Waals surface area contributed by atoms with E-state index >= 15 is 0 Å². The Morgan fingerprint density at radius 2 is 2.15 bits per heavy atom. The van der Waals surface area contributed by atoms with Gasteiger partial charge in [0.25, 0.3) is 0 Å². The summed E-state index contributed by atoms with van der Waals surface area (Å²) < 4.78 is 6.14. The molecule has 6 heteroatoms. The summed E-state index contributed by atoms with van der Waals surface area (Å²) in [5, 5.41) is 9.22. The second-order valence-corrected chi connectivity index (χ2v) is 7.98. The number of imidazole rings is 1. The number of aliphatic hydroxyl groups is 1. The number of likely N-dealkylation sites (tertiary alicyclic amines) is 1. The molecule has 6 nitrogen and oxygen atoms in total. The summed E-state index contributed by atoms with van der Waals surface area (Å²) in [7, 11) is 0. The minimum absolute atomic E-state index is 0.0758. The first-order chi connectivity index (χ1) is 13.2. The number of carbonyl (C=O) groups is 1. The number of aryl methyl sites for hydroxylation is 1. The number of hydrogen-bond donors (Lipinski definition) is 2. The number of ether oxygens (including phenoxy) is 1. The number of benzene rings is 1. The molecule has 0 bridgehead atoms. The monoisotopic (exact) mass is 371 g/mol. The Bertz CT molecular complexity index is 745. The van der Waals surface area contributed by atoms with Crippen LogP contribution in [0.15, 0.2) is 24.3 Å². The van der Waals surface area contributed by atoms with Crippen molar-refractivity contribution in [2.24, 2.45) is 5.92 Å². The molecule has 0 aliphatic carbocycles. The van der Waals surface area contributed by atoms with Crippen LogP contribution in [0, 0.1) is 5.92 Å². The van der Waals surface area contributed by atoms with Gasteiger partial charge in [-0.3, -0.25) is 4.79 Å². The molecule has 0 radical (unpaired) electrons. The van der Waals surface area contributed by atoms with Crippen LogP contribution in [0.5, 0.6) is 0 Å². The average molecular weight is 371 g/mol. The molecule has 4 rings (SSSR count). The maximum absolute atomic E-state index is 12.6. The molecule has 2 fully saturated rings. The average Bonchev–Trinajstić information content (AvgIpc) is 3.10. The van der Waals surface area contributed by atoms with Crippen LogP contribution < -0.4 is 0 Å². The highest BCUT2D eigenvalue weighted by Crippen LogP contribution is 2.38. The molecule has 1 atom stereocenters. The Morgan fingerprint density at radius 3 is 2.93 bits per heavy atom. The van der Waals surface area contributed by atoms with Gasteiger partial charge >= 0.3 is 0 Å². The smallest absolute Gasteiger partial charge is 0.223 e. The lowest BCUT2D eigenvalue weighted by Crippen LogP contribution is -2.50. The second kappa shape index (κ2) is 7.98. The number of aromatic amines is 1. The van der Waals surface area contributed by atoms with Gasteiger partial charge in [-0.05, 0) is 50.2 Å². The molecule has 1 spiro atoms. The zero-order chi connectivity index (χ0) is 18.7. The maximum atomic E-state index is 12.6. The number of piperidine rings is 1. The molecule has 1 unspecified atom stereocenters. The topological polar surface area (TPSA) is 78.5 Å². The minimum atomic E-state index is -0.0758. The molecular formula is C21H29N3O3. The van der Waals surface area contributed by atoms with E-state index in [9.17, 15) is 9.90 Å². The summed E-state index contributed by atoms with van der Waals surface area (Å²) in [6.45, 7) is 2.58. The van der Waals surface area contributed by atoms with Gasteiger partial charge in [0.15, 0.2) is 0 Å². The van der Waals surface area contributed by atoms with Crippen LogP contribution in [0.2, 0.25) is 0 Å². The molecule has 1 amide bonds. The molecule has 27 heavy (non-hydrogen) atoms. The molecule has 3 heterocycles. The third-order valence-electron chi connectivity index (χ3n) is 6.17. The molecule has 2 aliphatic rings. The van der Waals surface area contributed by atoms with Crippen LogP contribution in [-0.4, -0.2) is 57.8 Å². The van der Waals surface area contributed by atoms with Crippen LogP contribution in [-0.2, 0) is 16.0 Å². The normalized spacial score (nSPS) is 22.4. The van der Waals surface area contributed by atoms with E-state index in [1.54, 1.807) is 0 Å². The highest BCUT2D eigenvalue weighted by atomic mass is 16.5. The van der Waals surface area contributed by atoms with Crippen molar-refractivity contribution in [1.82, 2.24) is 14.9 Å². The minimum Gasteiger partial charge on any atom is -0.396 e. The fraction of sp³-hybridized carbons (Fsp3) is 0.619. The van der Waals surface area contributed by atoms with E-state index in [0.29, 0.717) is 18.8 Å². The number of para-hydroxylation sites is 2. The third kappa shape index (κ3) is 4.17. The first-order valence-electron chi connectivity index (χ1n) is 10.1. The Kier molecular flexibility index (Phi) is 5.45. The number of nitrogens with one attached hydrogen (secondary N) is 1. The van der Waals surface area contributed by atoms with Crippen molar-refractivity contribution in [3.63, 3.8) is 0 Å². The zero-order valence-corrected chi connectivity index (χ0v) is 15.8. The molecular weight excluding hydrogens is 342 g/mol. The van der Waals surface area contributed by atoms with Gasteiger partial charge in [0.2, 0.25) is 5.91 Å². The van der Waals surface area contributed by atoms with Crippen molar-refractivity contribution in [1.29, 1.82) is 0 Å².